The first kappa shape index (κ1) is 13.7. The normalized spacial score (nSPS) is 10.7. The first-order valence-electron chi connectivity index (χ1n) is 6.35. The van der Waals surface area contributed by atoms with Gasteiger partial charge in [-0.25, -0.2) is 4.98 Å². The third-order valence-corrected chi connectivity index (χ3v) is 3.93. The lowest BCUT2D eigenvalue weighted by Crippen LogP contribution is -2.14. The van der Waals surface area contributed by atoms with Gasteiger partial charge in [-0.2, -0.15) is 0 Å². The predicted octanol–water partition coefficient (Wildman–Crippen LogP) is 3.76. The van der Waals surface area contributed by atoms with Crippen LogP contribution in [0.3, 0.4) is 0 Å². The van der Waals surface area contributed by atoms with Crippen LogP contribution in [0.25, 0.3) is 0 Å². The molecule has 0 radical (unpaired) electrons. The van der Waals surface area contributed by atoms with E-state index in [2.05, 4.69) is 24.1 Å². The number of anilines is 1. The number of rotatable bonds is 4. The molecule has 2 rings (SSSR count). The number of nitrogens with zero attached hydrogens (tertiary/aromatic N) is 1. The van der Waals surface area contributed by atoms with Gasteiger partial charge >= 0.3 is 0 Å². The smallest absolute Gasteiger partial charge is 0.230 e. The molecule has 19 heavy (non-hydrogen) atoms. The van der Waals surface area contributed by atoms with Gasteiger partial charge in [-0.15, -0.1) is 11.3 Å². The van der Waals surface area contributed by atoms with Crippen LogP contribution in [0.2, 0.25) is 0 Å². The van der Waals surface area contributed by atoms with Crippen molar-refractivity contribution in [2.75, 3.05) is 5.32 Å². The summed E-state index contributed by atoms with van der Waals surface area (Å²) in [5.41, 5.74) is 2.85. The number of benzene rings is 1. The van der Waals surface area contributed by atoms with Gasteiger partial charge in [-0.3, -0.25) is 4.79 Å². The highest BCUT2D eigenvalue weighted by Crippen LogP contribution is 2.19. The Morgan fingerprint density at radius 1 is 1.32 bits per heavy atom. The molecule has 0 aliphatic rings. The maximum Gasteiger partial charge on any atom is 0.230 e. The average Bonchev–Trinajstić information content (AvgIpc) is 2.80. The van der Waals surface area contributed by atoms with E-state index >= 15 is 0 Å². The minimum absolute atomic E-state index is 0.0236. The summed E-state index contributed by atoms with van der Waals surface area (Å²) in [7, 11) is 0. The van der Waals surface area contributed by atoms with Crippen molar-refractivity contribution in [3.8, 4) is 0 Å². The molecule has 0 saturated carbocycles. The number of amides is 1. The van der Waals surface area contributed by atoms with Crippen LogP contribution in [-0.4, -0.2) is 10.9 Å². The Hall–Kier alpha value is -1.68. The fourth-order valence-electron chi connectivity index (χ4n) is 1.68. The van der Waals surface area contributed by atoms with Gasteiger partial charge in [0, 0.05) is 17.0 Å². The third-order valence-electron chi connectivity index (χ3n) is 2.74. The summed E-state index contributed by atoms with van der Waals surface area (Å²) in [4.78, 5) is 16.4. The summed E-state index contributed by atoms with van der Waals surface area (Å²) in [6, 6.07) is 7.78. The Balaban J connectivity index is 1.95. The fourth-order valence-corrected chi connectivity index (χ4v) is 2.51. The third kappa shape index (κ3) is 3.89. The SMILES string of the molecule is Cc1ccc(NC(=O)Cc2csc(C(C)C)n2)cc1. The quantitative estimate of drug-likeness (QED) is 0.922. The van der Waals surface area contributed by atoms with Crippen LogP contribution in [0.1, 0.15) is 36.0 Å². The van der Waals surface area contributed by atoms with Gasteiger partial charge in [0.15, 0.2) is 0 Å². The van der Waals surface area contributed by atoms with Crippen molar-refractivity contribution in [1.29, 1.82) is 0 Å². The lowest BCUT2D eigenvalue weighted by Gasteiger charge is -2.04. The molecular formula is C15H18N2OS. The molecule has 0 fully saturated rings. The van der Waals surface area contributed by atoms with E-state index in [1.54, 1.807) is 11.3 Å². The molecule has 0 bridgehead atoms. The maximum absolute atomic E-state index is 11.9. The Morgan fingerprint density at radius 3 is 2.58 bits per heavy atom. The van der Waals surface area contributed by atoms with Gasteiger partial charge in [-0.1, -0.05) is 31.5 Å². The molecule has 1 aromatic heterocycles. The van der Waals surface area contributed by atoms with Crippen molar-refractivity contribution in [2.24, 2.45) is 0 Å². The van der Waals surface area contributed by atoms with Crippen molar-refractivity contribution in [1.82, 2.24) is 4.98 Å². The summed E-state index contributed by atoms with van der Waals surface area (Å²) >= 11 is 1.62. The molecule has 1 N–H and O–H groups in total. The summed E-state index contributed by atoms with van der Waals surface area (Å²) in [6.07, 6.45) is 0.330. The minimum atomic E-state index is -0.0236. The van der Waals surface area contributed by atoms with Gasteiger partial charge in [0.25, 0.3) is 0 Å². The van der Waals surface area contributed by atoms with E-state index in [0.717, 1.165) is 16.4 Å². The first-order chi connectivity index (χ1) is 9.04. The molecule has 0 atom stereocenters. The molecule has 1 aromatic carbocycles. The molecule has 100 valence electrons. The number of carbonyl (C=O) groups is 1. The molecule has 0 saturated heterocycles. The highest BCUT2D eigenvalue weighted by Gasteiger charge is 2.09. The van der Waals surface area contributed by atoms with E-state index in [-0.39, 0.29) is 5.91 Å². The molecule has 0 aliphatic carbocycles. The number of hydrogen-bond donors (Lipinski definition) is 1. The number of hydrogen-bond acceptors (Lipinski definition) is 3. The van der Waals surface area contributed by atoms with Gasteiger partial charge in [-0.05, 0) is 19.1 Å². The highest BCUT2D eigenvalue weighted by molar-refractivity contribution is 7.09. The number of nitrogens with one attached hydrogen (secondary N) is 1. The standard InChI is InChI=1S/C15H18N2OS/c1-10(2)15-17-13(9-19-15)8-14(18)16-12-6-4-11(3)5-7-12/h4-7,9-10H,8H2,1-3H3,(H,16,18). The lowest BCUT2D eigenvalue weighted by molar-refractivity contribution is -0.115. The molecule has 4 heteroatoms. The topological polar surface area (TPSA) is 42.0 Å². The summed E-state index contributed by atoms with van der Waals surface area (Å²) in [6.45, 7) is 6.23. The zero-order chi connectivity index (χ0) is 13.8. The van der Waals surface area contributed by atoms with E-state index in [0.29, 0.717) is 12.3 Å². The van der Waals surface area contributed by atoms with Crippen molar-refractivity contribution in [3.05, 3.63) is 45.9 Å². The second kappa shape index (κ2) is 5.97. The van der Waals surface area contributed by atoms with Crippen molar-refractivity contribution < 1.29 is 4.79 Å². The first-order valence-corrected chi connectivity index (χ1v) is 7.23. The zero-order valence-corrected chi connectivity index (χ0v) is 12.3. The molecule has 1 heterocycles. The van der Waals surface area contributed by atoms with Gasteiger partial charge < -0.3 is 5.32 Å². The largest absolute Gasteiger partial charge is 0.326 e. The number of aromatic nitrogens is 1. The van der Waals surface area contributed by atoms with Crippen molar-refractivity contribution >= 4 is 22.9 Å². The predicted molar refractivity (Wildman–Crippen MR) is 79.7 cm³/mol. The van der Waals surface area contributed by atoms with Crippen LogP contribution < -0.4 is 5.32 Å². The van der Waals surface area contributed by atoms with E-state index in [9.17, 15) is 4.79 Å². The Bertz CT molecular complexity index is 558. The lowest BCUT2D eigenvalue weighted by atomic mass is 10.2. The van der Waals surface area contributed by atoms with Crippen LogP contribution in [-0.2, 0) is 11.2 Å². The highest BCUT2D eigenvalue weighted by atomic mass is 32.1. The second-order valence-corrected chi connectivity index (χ2v) is 5.81. The van der Waals surface area contributed by atoms with Gasteiger partial charge in [0.05, 0.1) is 17.1 Å². The van der Waals surface area contributed by atoms with Crippen LogP contribution >= 0.6 is 11.3 Å². The van der Waals surface area contributed by atoms with Crippen molar-refractivity contribution in [2.45, 2.75) is 33.1 Å². The second-order valence-electron chi connectivity index (χ2n) is 4.92. The van der Waals surface area contributed by atoms with E-state index in [1.807, 2.05) is 36.6 Å². The Labute approximate surface area is 117 Å². The Morgan fingerprint density at radius 2 is 2.00 bits per heavy atom. The minimum Gasteiger partial charge on any atom is -0.326 e. The van der Waals surface area contributed by atoms with E-state index in [1.165, 1.54) is 5.56 Å². The number of thiazole rings is 1. The fraction of sp³-hybridized carbons (Fsp3) is 0.333. The molecule has 2 aromatic rings. The van der Waals surface area contributed by atoms with Crippen molar-refractivity contribution in [3.63, 3.8) is 0 Å². The van der Waals surface area contributed by atoms with Crippen LogP contribution in [0.15, 0.2) is 29.6 Å². The molecule has 0 spiro atoms. The van der Waals surface area contributed by atoms with Crippen LogP contribution in [0.4, 0.5) is 5.69 Å². The maximum atomic E-state index is 11.9. The van der Waals surface area contributed by atoms with E-state index < -0.39 is 0 Å². The van der Waals surface area contributed by atoms with E-state index in [4.69, 9.17) is 0 Å². The summed E-state index contributed by atoms with van der Waals surface area (Å²) in [5, 5.41) is 5.93. The summed E-state index contributed by atoms with van der Waals surface area (Å²) < 4.78 is 0. The Kier molecular flexibility index (Phi) is 4.32. The van der Waals surface area contributed by atoms with Gasteiger partial charge in [0.1, 0.15) is 0 Å². The van der Waals surface area contributed by atoms with Crippen LogP contribution in [0.5, 0.6) is 0 Å². The molecule has 3 nitrogen and oxygen atoms in total. The number of carbonyl (C=O) groups excluding carboxylic acids is 1. The molecule has 0 aliphatic heterocycles. The molecule has 0 unspecified atom stereocenters. The molecular weight excluding hydrogens is 256 g/mol. The average molecular weight is 274 g/mol. The van der Waals surface area contributed by atoms with Gasteiger partial charge in [0.2, 0.25) is 5.91 Å². The van der Waals surface area contributed by atoms with Crippen LogP contribution in [0, 0.1) is 6.92 Å². The zero-order valence-electron chi connectivity index (χ0n) is 11.4. The summed E-state index contributed by atoms with van der Waals surface area (Å²) in [5.74, 6) is 0.392. The number of aryl methyl sites for hydroxylation is 1. The monoisotopic (exact) mass is 274 g/mol. The molecule has 1 amide bonds.